The molecule has 0 amide bonds. The van der Waals surface area contributed by atoms with Crippen molar-refractivity contribution in [3.8, 4) is 0 Å². The van der Waals surface area contributed by atoms with Crippen molar-refractivity contribution in [1.82, 2.24) is 10.6 Å². The Morgan fingerprint density at radius 1 is 1.44 bits per heavy atom. The number of rotatable bonds is 5. The molecule has 0 aromatic rings. The molecule has 1 fully saturated rings. The van der Waals surface area contributed by atoms with Gasteiger partial charge >= 0.3 is 0 Å². The van der Waals surface area contributed by atoms with E-state index in [1.54, 1.807) is 0 Å². The van der Waals surface area contributed by atoms with Gasteiger partial charge in [0.05, 0.1) is 0 Å². The molecule has 2 N–H and O–H groups in total. The maximum atomic E-state index is 4.21. The van der Waals surface area contributed by atoms with Gasteiger partial charge in [-0.3, -0.25) is 4.99 Å². The molecule has 0 spiro atoms. The molecule has 1 atom stereocenters. The topological polar surface area (TPSA) is 36.4 Å². The normalized spacial score (nSPS) is 20.4. The van der Waals surface area contributed by atoms with E-state index >= 15 is 0 Å². The van der Waals surface area contributed by atoms with Crippen LogP contribution in [-0.2, 0) is 0 Å². The molecular weight excluding hydrogens is 333 g/mol. The predicted molar refractivity (Wildman–Crippen MR) is 85.2 cm³/mol. The average Bonchev–Trinajstić information content (AvgIpc) is 2.76. The number of aliphatic imine (C=N–C) groups is 1. The fourth-order valence-electron chi connectivity index (χ4n) is 1.62. The lowest BCUT2D eigenvalue weighted by Crippen LogP contribution is -2.40. The minimum Gasteiger partial charge on any atom is -0.356 e. The fourth-order valence-corrected chi connectivity index (χ4v) is 2.82. The van der Waals surface area contributed by atoms with Crippen molar-refractivity contribution >= 4 is 41.7 Å². The summed E-state index contributed by atoms with van der Waals surface area (Å²) in [6.45, 7) is 4.28. The van der Waals surface area contributed by atoms with Gasteiger partial charge in [0.2, 0.25) is 0 Å². The van der Waals surface area contributed by atoms with Crippen molar-refractivity contribution in [2.75, 3.05) is 25.9 Å². The molecule has 1 rings (SSSR count). The van der Waals surface area contributed by atoms with Crippen LogP contribution in [0.5, 0.6) is 0 Å². The zero-order valence-electron chi connectivity index (χ0n) is 10.3. The molecule has 0 radical (unpaired) electrons. The molecule has 0 aliphatic carbocycles. The highest BCUT2D eigenvalue weighted by molar-refractivity contribution is 14.0. The van der Waals surface area contributed by atoms with E-state index in [1.165, 1.54) is 31.4 Å². The van der Waals surface area contributed by atoms with Crippen LogP contribution in [0.15, 0.2) is 4.99 Å². The van der Waals surface area contributed by atoms with Gasteiger partial charge in [-0.1, -0.05) is 13.3 Å². The fraction of sp³-hybridized carbons (Fsp3) is 0.909. The molecule has 96 valence electrons. The third-order valence-electron chi connectivity index (χ3n) is 2.57. The van der Waals surface area contributed by atoms with Crippen LogP contribution in [0.4, 0.5) is 0 Å². The number of guanidine groups is 1. The quantitative estimate of drug-likeness (QED) is 0.344. The lowest BCUT2D eigenvalue weighted by Gasteiger charge is -2.14. The van der Waals surface area contributed by atoms with Gasteiger partial charge in [0.25, 0.3) is 0 Å². The van der Waals surface area contributed by atoms with Crippen LogP contribution in [0.1, 0.15) is 32.6 Å². The standard InChI is InChI=1S/C11H23N3S.HI/c1-3-4-7-13-11(12-2)14-9-10-6-5-8-15-10;/h10H,3-9H2,1-2H3,(H2,12,13,14);1H. The molecule has 1 heterocycles. The first kappa shape index (κ1) is 16.4. The van der Waals surface area contributed by atoms with Gasteiger partial charge in [0, 0.05) is 25.4 Å². The van der Waals surface area contributed by atoms with E-state index in [4.69, 9.17) is 0 Å². The van der Waals surface area contributed by atoms with E-state index in [9.17, 15) is 0 Å². The van der Waals surface area contributed by atoms with E-state index < -0.39 is 0 Å². The Balaban J connectivity index is 0.00000225. The summed E-state index contributed by atoms with van der Waals surface area (Å²) in [5.74, 6) is 2.28. The van der Waals surface area contributed by atoms with E-state index in [2.05, 4.69) is 34.3 Å². The Morgan fingerprint density at radius 2 is 2.25 bits per heavy atom. The molecule has 0 aromatic carbocycles. The zero-order chi connectivity index (χ0) is 10.9. The third-order valence-corrected chi connectivity index (χ3v) is 3.97. The van der Waals surface area contributed by atoms with Gasteiger partial charge in [0.1, 0.15) is 0 Å². The maximum Gasteiger partial charge on any atom is 0.191 e. The van der Waals surface area contributed by atoms with Crippen LogP contribution >= 0.6 is 35.7 Å². The van der Waals surface area contributed by atoms with Crippen LogP contribution < -0.4 is 10.6 Å². The molecule has 0 saturated carbocycles. The highest BCUT2D eigenvalue weighted by Gasteiger charge is 2.15. The zero-order valence-corrected chi connectivity index (χ0v) is 13.4. The summed E-state index contributed by atoms with van der Waals surface area (Å²) in [6.07, 6.45) is 5.16. The largest absolute Gasteiger partial charge is 0.356 e. The predicted octanol–water partition coefficient (Wildman–Crippen LogP) is 2.47. The highest BCUT2D eigenvalue weighted by atomic mass is 127. The second kappa shape index (κ2) is 10.5. The number of nitrogens with zero attached hydrogens (tertiary/aromatic N) is 1. The summed E-state index contributed by atoms with van der Waals surface area (Å²) in [6, 6.07) is 0. The molecule has 3 nitrogen and oxygen atoms in total. The minimum atomic E-state index is 0. The minimum absolute atomic E-state index is 0. The van der Waals surface area contributed by atoms with Crippen molar-refractivity contribution in [3.63, 3.8) is 0 Å². The summed E-state index contributed by atoms with van der Waals surface area (Å²) in [4.78, 5) is 4.21. The Hall–Kier alpha value is 0.350. The molecule has 16 heavy (non-hydrogen) atoms. The van der Waals surface area contributed by atoms with Crippen molar-refractivity contribution in [1.29, 1.82) is 0 Å². The van der Waals surface area contributed by atoms with Crippen molar-refractivity contribution < 1.29 is 0 Å². The van der Waals surface area contributed by atoms with Crippen LogP contribution in [0, 0.1) is 0 Å². The first-order chi connectivity index (χ1) is 7.36. The van der Waals surface area contributed by atoms with Gasteiger partial charge in [-0.25, -0.2) is 0 Å². The summed E-state index contributed by atoms with van der Waals surface area (Å²) in [5.41, 5.74) is 0. The lowest BCUT2D eigenvalue weighted by molar-refractivity contribution is 0.704. The first-order valence-corrected chi connectivity index (χ1v) is 6.97. The molecule has 1 aliphatic heterocycles. The van der Waals surface area contributed by atoms with Crippen LogP contribution in [0.2, 0.25) is 0 Å². The van der Waals surface area contributed by atoms with E-state index in [0.29, 0.717) is 0 Å². The van der Waals surface area contributed by atoms with Gasteiger partial charge in [0.15, 0.2) is 5.96 Å². The number of thioether (sulfide) groups is 1. The number of nitrogens with one attached hydrogen (secondary N) is 2. The molecule has 0 aromatic heterocycles. The van der Waals surface area contributed by atoms with Crippen molar-refractivity contribution in [2.24, 2.45) is 4.99 Å². The number of hydrogen-bond acceptors (Lipinski definition) is 2. The summed E-state index contributed by atoms with van der Waals surface area (Å²) in [7, 11) is 1.84. The molecule has 1 unspecified atom stereocenters. The monoisotopic (exact) mass is 357 g/mol. The Bertz CT molecular complexity index is 194. The first-order valence-electron chi connectivity index (χ1n) is 5.93. The number of hydrogen-bond donors (Lipinski definition) is 2. The molecular formula is C11H24IN3S. The third kappa shape index (κ3) is 6.83. The Labute approximate surface area is 121 Å². The second-order valence-electron chi connectivity index (χ2n) is 3.87. The summed E-state index contributed by atoms with van der Waals surface area (Å²) < 4.78 is 0. The van der Waals surface area contributed by atoms with Crippen molar-refractivity contribution in [3.05, 3.63) is 0 Å². The van der Waals surface area contributed by atoms with Crippen molar-refractivity contribution in [2.45, 2.75) is 37.9 Å². The van der Waals surface area contributed by atoms with Crippen LogP contribution in [-0.4, -0.2) is 37.1 Å². The molecule has 0 bridgehead atoms. The Kier molecular flexibility index (Phi) is 10.7. The SMILES string of the molecule is CCCCNC(=NC)NCC1CCCS1.I. The van der Waals surface area contributed by atoms with E-state index in [-0.39, 0.29) is 24.0 Å². The number of unbranched alkanes of at least 4 members (excludes halogenated alkanes) is 1. The summed E-state index contributed by atoms with van der Waals surface area (Å²) >= 11 is 2.08. The molecule has 1 aliphatic rings. The lowest BCUT2D eigenvalue weighted by atomic mass is 10.2. The summed E-state index contributed by atoms with van der Waals surface area (Å²) in [5, 5.41) is 7.50. The highest BCUT2D eigenvalue weighted by Crippen LogP contribution is 2.25. The smallest absolute Gasteiger partial charge is 0.191 e. The van der Waals surface area contributed by atoms with E-state index in [1.807, 2.05) is 7.05 Å². The van der Waals surface area contributed by atoms with Gasteiger partial charge in [-0.15, -0.1) is 24.0 Å². The van der Waals surface area contributed by atoms with Gasteiger partial charge in [-0.05, 0) is 25.0 Å². The van der Waals surface area contributed by atoms with Gasteiger partial charge < -0.3 is 10.6 Å². The molecule has 1 saturated heterocycles. The maximum absolute atomic E-state index is 4.21. The molecule has 5 heteroatoms. The van der Waals surface area contributed by atoms with Crippen LogP contribution in [0.25, 0.3) is 0 Å². The van der Waals surface area contributed by atoms with Gasteiger partial charge in [-0.2, -0.15) is 11.8 Å². The number of halogens is 1. The average molecular weight is 357 g/mol. The van der Waals surface area contributed by atoms with Crippen LogP contribution in [0.3, 0.4) is 0 Å². The second-order valence-corrected chi connectivity index (χ2v) is 5.28. The van der Waals surface area contributed by atoms with E-state index in [0.717, 1.165) is 24.3 Å². The Morgan fingerprint density at radius 3 is 2.81 bits per heavy atom.